The van der Waals surface area contributed by atoms with Crippen molar-refractivity contribution in [1.82, 2.24) is 5.32 Å². The average Bonchev–Trinajstić information content (AvgIpc) is 3.07. The van der Waals surface area contributed by atoms with Gasteiger partial charge in [0.1, 0.15) is 11.5 Å². The lowest BCUT2D eigenvalue weighted by atomic mass is 10.1. The molecule has 0 aliphatic heterocycles. The molecular formula is C16H21NO3S. The van der Waals surface area contributed by atoms with Gasteiger partial charge in [0, 0.05) is 16.5 Å². The van der Waals surface area contributed by atoms with Gasteiger partial charge in [0.15, 0.2) is 0 Å². The molecule has 0 saturated heterocycles. The van der Waals surface area contributed by atoms with Crippen LogP contribution in [0.25, 0.3) is 0 Å². The maximum Gasteiger partial charge on any atom is 0.307 e. The van der Waals surface area contributed by atoms with E-state index in [4.69, 9.17) is 9.15 Å². The smallest absolute Gasteiger partial charge is 0.307 e. The van der Waals surface area contributed by atoms with Crippen LogP contribution in [0.3, 0.4) is 0 Å². The lowest BCUT2D eigenvalue weighted by molar-refractivity contribution is -0.141. The molecule has 0 amide bonds. The molecule has 0 radical (unpaired) electrons. The molecule has 2 atom stereocenters. The Morgan fingerprint density at radius 2 is 2.24 bits per heavy atom. The number of furan rings is 1. The van der Waals surface area contributed by atoms with Crippen LogP contribution in [-0.4, -0.2) is 13.1 Å². The van der Waals surface area contributed by atoms with Crippen molar-refractivity contribution in [1.29, 1.82) is 0 Å². The number of carbonyl (C=O) groups is 1. The number of aryl methyl sites for hydroxylation is 2. The topological polar surface area (TPSA) is 51.5 Å². The van der Waals surface area contributed by atoms with E-state index in [1.54, 1.807) is 11.3 Å². The van der Waals surface area contributed by atoms with E-state index in [2.05, 4.69) is 12.2 Å². The highest BCUT2D eigenvalue weighted by Crippen LogP contribution is 2.28. The summed E-state index contributed by atoms with van der Waals surface area (Å²) in [6.45, 7) is 5.98. The first-order valence-corrected chi connectivity index (χ1v) is 7.82. The number of carbonyl (C=O) groups excluding carboxylic acids is 1. The van der Waals surface area contributed by atoms with Crippen molar-refractivity contribution >= 4 is 17.3 Å². The first kappa shape index (κ1) is 15.8. The van der Waals surface area contributed by atoms with Crippen molar-refractivity contribution in [2.24, 2.45) is 0 Å². The number of rotatable bonds is 6. The van der Waals surface area contributed by atoms with Crippen LogP contribution in [0.5, 0.6) is 0 Å². The molecule has 0 saturated carbocycles. The average molecular weight is 307 g/mol. The summed E-state index contributed by atoms with van der Waals surface area (Å²) in [5.41, 5.74) is 1.12. The Hall–Kier alpha value is -1.59. The highest BCUT2D eigenvalue weighted by atomic mass is 32.1. The third-order valence-electron chi connectivity index (χ3n) is 3.48. The quantitative estimate of drug-likeness (QED) is 0.822. The molecule has 4 nitrogen and oxygen atoms in total. The predicted octanol–water partition coefficient (Wildman–Crippen LogP) is 3.91. The van der Waals surface area contributed by atoms with E-state index in [1.807, 2.05) is 37.4 Å². The Kier molecular flexibility index (Phi) is 5.20. The van der Waals surface area contributed by atoms with E-state index in [0.29, 0.717) is 6.42 Å². The fourth-order valence-corrected chi connectivity index (χ4v) is 3.24. The third-order valence-corrected chi connectivity index (χ3v) is 4.47. The second kappa shape index (κ2) is 6.91. The van der Waals surface area contributed by atoms with Crippen LogP contribution in [0.1, 0.15) is 47.4 Å². The molecule has 0 aliphatic rings. The minimum atomic E-state index is -0.215. The molecule has 2 unspecified atom stereocenters. The maximum atomic E-state index is 11.6. The van der Waals surface area contributed by atoms with Crippen molar-refractivity contribution in [3.63, 3.8) is 0 Å². The highest BCUT2D eigenvalue weighted by Gasteiger charge is 2.22. The fraction of sp³-hybridized carbons (Fsp3) is 0.438. The number of thiophene rings is 1. The first-order chi connectivity index (χ1) is 10.0. The van der Waals surface area contributed by atoms with Gasteiger partial charge in [-0.3, -0.25) is 4.79 Å². The SMILES string of the molecule is COC(=O)CC(NC(C)c1cc(C)oc1C)c1cccs1. The summed E-state index contributed by atoms with van der Waals surface area (Å²) in [7, 11) is 1.42. The molecule has 114 valence electrons. The van der Waals surface area contributed by atoms with Gasteiger partial charge < -0.3 is 14.5 Å². The van der Waals surface area contributed by atoms with E-state index >= 15 is 0 Å². The van der Waals surface area contributed by atoms with Gasteiger partial charge in [-0.25, -0.2) is 0 Å². The van der Waals surface area contributed by atoms with Crippen molar-refractivity contribution in [2.75, 3.05) is 7.11 Å². The summed E-state index contributed by atoms with van der Waals surface area (Å²) >= 11 is 1.64. The minimum absolute atomic E-state index is 0.0537. The van der Waals surface area contributed by atoms with Gasteiger partial charge in [0.25, 0.3) is 0 Å². The molecule has 5 heteroatoms. The predicted molar refractivity (Wildman–Crippen MR) is 83.4 cm³/mol. The molecule has 2 aromatic heterocycles. The molecule has 0 bridgehead atoms. The summed E-state index contributed by atoms with van der Waals surface area (Å²) in [5, 5.41) is 5.52. The van der Waals surface area contributed by atoms with Crippen LogP contribution >= 0.6 is 11.3 Å². The van der Waals surface area contributed by atoms with E-state index in [-0.39, 0.29) is 18.1 Å². The van der Waals surface area contributed by atoms with Crippen LogP contribution in [0.4, 0.5) is 0 Å². The van der Waals surface area contributed by atoms with E-state index in [9.17, 15) is 4.79 Å². The summed E-state index contributed by atoms with van der Waals surface area (Å²) < 4.78 is 10.4. The number of methoxy groups -OCH3 is 1. The molecule has 0 fully saturated rings. The summed E-state index contributed by atoms with van der Waals surface area (Å²) in [4.78, 5) is 12.8. The lowest BCUT2D eigenvalue weighted by Gasteiger charge is -2.21. The number of hydrogen-bond acceptors (Lipinski definition) is 5. The Balaban J connectivity index is 2.14. The van der Waals surface area contributed by atoms with Crippen molar-refractivity contribution in [3.05, 3.63) is 45.5 Å². The highest BCUT2D eigenvalue weighted by molar-refractivity contribution is 7.10. The molecule has 21 heavy (non-hydrogen) atoms. The monoisotopic (exact) mass is 307 g/mol. The van der Waals surface area contributed by atoms with Crippen LogP contribution in [0, 0.1) is 13.8 Å². The summed E-state index contributed by atoms with van der Waals surface area (Å²) in [6.07, 6.45) is 0.317. The van der Waals surface area contributed by atoms with Gasteiger partial charge in [-0.1, -0.05) is 6.07 Å². The van der Waals surface area contributed by atoms with Gasteiger partial charge in [-0.2, -0.15) is 0 Å². The van der Waals surface area contributed by atoms with Crippen LogP contribution < -0.4 is 5.32 Å². The second-order valence-corrected chi connectivity index (χ2v) is 6.08. The normalized spacial score (nSPS) is 13.9. The molecule has 2 rings (SSSR count). The number of hydrogen-bond donors (Lipinski definition) is 1. The molecule has 2 aromatic rings. The van der Waals surface area contributed by atoms with Crippen LogP contribution in [0.15, 0.2) is 28.0 Å². The zero-order valence-corrected chi connectivity index (χ0v) is 13.6. The summed E-state index contributed by atoms with van der Waals surface area (Å²) in [5.74, 6) is 1.60. The molecule has 0 aliphatic carbocycles. The zero-order chi connectivity index (χ0) is 15.4. The minimum Gasteiger partial charge on any atom is -0.469 e. The van der Waals surface area contributed by atoms with Crippen LogP contribution in [-0.2, 0) is 9.53 Å². The van der Waals surface area contributed by atoms with Crippen molar-refractivity contribution in [2.45, 2.75) is 39.3 Å². The Morgan fingerprint density at radius 1 is 1.48 bits per heavy atom. The molecule has 0 aromatic carbocycles. The molecule has 0 spiro atoms. The third kappa shape index (κ3) is 3.95. The molecule has 1 N–H and O–H groups in total. The van der Waals surface area contributed by atoms with Gasteiger partial charge in [-0.05, 0) is 38.3 Å². The number of ether oxygens (including phenoxy) is 1. The zero-order valence-electron chi connectivity index (χ0n) is 12.8. The Labute approximate surface area is 129 Å². The first-order valence-electron chi connectivity index (χ1n) is 6.94. The molecule has 2 heterocycles. The second-order valence-electron chi connectivity index (χ2n) is 5.11. The van der Waals surface area contributed by atoms with Gasteiger partial charge >= 0.3 is 5.97 Å². The Bertz CT molecular complexity index is 589. The standard InChI is InChI=1S/C16H21NO3S/c1-10-8-13(12(3)20-10)11(2)17-14(9-16(18)19-4)15-6-5-7-21-15/h5-8,11,14,17H,9H2,1-4H3. The van der Waals surface area contributed by atoms with E-state index in [0.717, 1.165) is 22.0 Å². The van der Waals surface area contributed by atoms with E-state index < -0.39 is 0 Å². The van der Waals surface area contributed by atoms with Crippen molar-refractivity contribution in [3.8, 4) is 0 Å². The van der Waals surface area contributed by atoms with E-state index in [1.165, 1.54) is 7.11 Å². The number of nitrogens with one attached hydrogen (secondary N) is 1. The van der Waals surface area contributed by atoms with Gasteiger partial charge in [0.2, 0.25) is 0 Å². The molecular weight excluding hydrogens is 286 g/mol. The fourth-order valence-electron chi connectivity index (χ4n) is 2.45. The van der Waals surface area contributed by atoms with Crippen LogP contribution in [0.2, 0.25) is 0 Å². The maximum absolute atomic E-state index is 11.6. The Morgan fingerprint density at radius 3 is 2.76 bits per heavy atom. The number of esters is 1. The van der Waals surface area contributed by atoms with Gasteiger partial charge in [0.05, 0.1) is 19.6 Å². The van der Waals surface area contributed by atoms with Gasteiger partial charge in [-0.15, -0.1) is 11.3 Å². The largest absolute Gasteiger partial charge is 0.469 e. The summed E-state index contributed by atoms with van der Waals surface area (Å²) in [6, 6.07) is 6.10. The lowest BCUT2D eigenvalue weighted by Crippen LogP contribution is -2.26. The van der Waals surface area contributed by atoms with Crippen molar-refractivity contribution < 1.29 is 13.9 Å².